The molecular weight excluding hydrogens is 164 g/mol. The lowest BCUT2D eigenvalue weighted by Crippen LogP contribution is -2.52. The van der Waals surface area contributed by atoms with Crippen LogP contribution in [-0.4, -0.2) is 50.3 Å². The molecule has 2 rings (SSSR count). The van der Waals surface area contributed by atoms with Crippen molar-refractivity contribution in [3.8, 4) is 0 Å². The Morgan fingerprint density at radius 1 is 1.31 bits per heavy atom. The molecule has 0 aromatic rings. The van der Waals surface area contributed by atoms with Gasteiger partial charge >= 0.3 is 0 Å². The molecule has 2 aliphatic heterocycles. The normalized spacial score (nSPS) is 37.6. The highest BCUT2D eigenvalue weighted by atomic mass is 16.5. The Hall–Kier alpha value is -0.120. The summed E-state index contributed by atoms with van der Waals surface area (Å²) in [6.45, 7) is 8.85. The number of morpholine rings is 1. The van der Waals surface area contributed by atoms with E-state index in [0.717, 1.165) is 38.3 Å². The summed E-state index contributed by atoms with van der Waals surface area (Å²) >= 11 is 0. The van der Waals surface area contributed by atoms with E-state index in [-0.39, 0.29) is 0 Å². The van der Waals surface area contributed by atoms with Crippen LogP contribution in [0.1, 0.15) is 13.3 Å². The molecule has 2 unspecified atom stereocenters. The van der Waals surface area contributed by atoms with Crippen molar-refractivity contribution in [3.05, 3.63) is 0 Å². The van der Waals surface area contributed by atoms with E-state index < -0.39 is 0 Å². The van der Waals surface area contributed by atoms with Crippen LogP contribution in [0.4, 0.5) is 0 Å². The van der Waals surface area contributed by atoms with Crippen molar-refractivity contribution in [1.82, 2.24) is 10.2 Å². The minimum atomic E-state index is 0.796. The smallest absolute Gasteiger partial charge is 0.0594 e. The molecule has 1 N–H and O–H groups in total. The highest BCUT2D eigenvalue weighted by Crippen LogP contribution is 2.18. The van der Waals surface area contributed by atoms with Gasteiger partial charge in [0.05, 0.1) is 13.2 Å². The molecule has 13 heavy (non-hydrogen) atoms. The summed E-state index contributed by atoms with van der Waals surface area (Å²) in [7, 11) is 0. The molecule has 3 nitrogen and oxygen atoms in total. The number of piperidine rings is 1. The zero-order valence-electron chi connectivity index (χ0n) is 8.46. The van der Waals surface area contributed by atoms with E-state index in [1.54, 1.807) is 0 Å². The summed E-state index contributed by atoms with van der Waals surface area (Å²) < 4.78 is 5.37. The third-order valence-corrected chi connectivity index (χ3v) is 3.25. The predicted molar refractivity (Wildman–Crippen MR) is 52.8 cm³/mol. The maximum Gasteiger partial charge on any atom is 0.0594 e. The Labute approximate surface area is 80.4 Å². The van der Waals surface area contributed by atoms with Gasteiger partial charge in [0.15, 0.2) is 0 Å². The molecular formula is C10H20N2O. The Kier molecular flexibility index (Phi) is 3.19. The van der Waals surface area contributed by atoms with Crippen molar-refractivity contribution in [2.75, 3.05) is 39.4 Å². The third-order valence-electron chi connectivity index (χ3n) is 3.25. The molecule has 2 aliphatic rings. The van der Waals surface area contributed by atoms with Gasteiger partial charge in [0.2, 0.25) is 0 Å². The van der Waals surface area contributed by atoms with Crippen molar-refractivity contribution in [1.29, 1.82) is 0 Å². The molecule has 2 heterocycles. The summed E-state index contributed by atoms with van der Waals surface area (Å²) in [5.41, 5.74) is 0. The number of nitrogens with zero attached hydrogens (tertiary/aromatic N) is 1. The van der Waals surface area contributed by atoms with Crippen LogP contribution in [0.15, 0.2) is 0 Å². The summed E-state index contributed by atoms with van der Waals surface area (Å²) in [5, 5.41) is 3.45. The predicted octanol–water partition coefficient (Wildman–Crippen LogP) is 0.317. The van der Waals surface area contributed by atoms with E-state index in [4.69, 9.17) is 4.74 Å². The fraction of sp³-hybridized carbons (Fsp3) is 1.00. The molecule has 0 aromatic carbocycles. The average molecular weight is 184 g/mol. The quantitative estimate of drug-likeness (QED) is 0.635. The van der Waals surface area contributed by atoms with E-state index in [2.05, 4.69) is 17.1 Å². The maximum atomic E-state index is 5.37. The topological polar surface area (TPSA) is 24.5 Å². The van der Waals surface area contributed by atoms with Gasteiger partial charge in [-0.1, -0.05) is 6.92 Å². The van der Waals surface area contributed by atoms with E-state index in [9.17, 15) is 0 Å². The van der Waals surface area contributed by atoms with Crippen molar-refractivity contribution in [3.63, 3.8) is 0 Å². The van der Waals surface area contributed by atoms with Crippen LogP contribution in [0.3, 0.4) is 0 Å². The number of nitrogens with one attached hydrogen (secondary N) is 1. The van der Waals surface area contributed by atoms with E-state index in [0.29, 0.717) is 0 Å². The highest BCUT2D eigenvalue weighted by molar-refractivity contribution is 4.83. The van der Waals surface area contributed by atoms with Crippen molar-refractivity contribution >= 4 is 0 Å². The van der Waals surface area contributed by atoms with Crippen LogP contribution >= 0.6 is 0 Å². The fourth-order valence-electron chi connectivity index (χ4n) is 2.45. The van der Waals surface area contributed by atoms with E-state index in [1.807, 2.05) is 0 Å². The maximum absolute atomic E-state index is 5.37. The first-order valence-corrected chi connectivity index (χ1v) is 5.40. The van der Waals surface area contributed by atoms with Gasteiger partial charge in [-0.2, -0.15) is 0 Å². The van der Waals surface area contributed by atoms with Gasteiger partial charge in [-0.3, -0.25) is 4.90 Å². The second-order valence-corrected chi connectivity index (χ2v) is 4.19. The standard InChI is InChI=1S/C10H20N2O/c1-9-8-11-3-2-10(9)12-4-6-13-7-5-12/h9-11H,2-8H2,1H3. The van der Waals surface area contributed by atoms with Gasteiger partial charge in [0.25, 0.3) is 0 Å². The first-order chi connectivity index (χ1) is 6.38. The van der Waals surface area contributed by atoms with Gasteiger partial charge in [0.1, 0.15) is 0 Å². The summed E-state index contributed by atoms with van der Waals surface area (Å²) in [4.78, 5) is 2.61. The van der Waals surface area contributed by atoms with Gasteiger partial charge in [-0.05, 0) is 25.4 Å². The van der Waals surface area contributed by atoms with E-state index >= 15 is 0 Å². The van der Waals surface area contributed by atoms with Gasteiger partial charge in [-0.25, -0.2) is 0 Å². The summed E-state index contributed by atoms with van der Waals surface area (Å²) in [6, 6.07) is 0.796. The molecule has 0 saturated carbocycles. The molecule has 3 heteroatoms. The molecule has 0 aromatic heterocycles. The molecule has 2 fully saturated rings. The molecule has 0 radical (unpaired) electrons. The van der Waals surface area contributed by atoms with Crippen LogP contribution in [0, 0.1) is 5.92 Å². The zero-order valence-corrected chi connectivity index (χ0v) is 8.46. The average Bonchev–Trinajstić information content (AvgIpc) is 2.20. The largest absolute Gasteiger partial charge is 0.379 e. The number of ether oxygens (including phenoxy) is 1. The first kappa shape index (κ1) is 9.44. The molecule has 2 saturated heterocycles. The lowest BCUT2D eigenvalue weighted by Gasteiger charge is -2.40. The molecule has 0 spiro atoms. The fourth-order valence-corrected chi connectivity index (χ4v) is 2.45. The van der Waals surface area contributed by atoms with Gasteiger partial charge in [-0.15, -0.1) is 0 Å². The highest BCUT2D eigenvalue weighted by Gasteiger charge is 2.27. The molecule has 0 amide bonds. The molecule has 0 bridgehead atoms. The monoisotopic (exact) mass is 184 g/mol. The minimum Gasteiger partial charge on any atom is -0.379 e. The lowest BCUT2D eigenvalue weighted by molar-refractivity contribution is -0.00207. The first-order valence-electron chi connectivity index (χ1n) is 5.40. The number of rotatable bonds is 1. The van der Waals surface area contributed by atoms with Crippen LogP contribution in [0.2, 0.25) is 0 Å². The van der Waals surface area contributed by atoms with Crippen LogP contribution < -0.4 is 5.32 Å². The molecule has 2 atom stereocenters. The second-order valence-electron chi connectivity index (χ2n) is 4.19. The molecule has 76 valence electrons. The second kappa shape index (κ2) is 4.40. The summed E-state index contributed by atoms with van der Waals surface area (Å²) in [5.74, 6) is 0.798. The summed E-state index contributed by atoms with van der Waals surface area (Å²) in [6.07, 6.45) is 1.31. The lowest BCUT2D eigenvalue weighted by atomic mass is 9.93. The zero-order chi connectivity index (χ0) is 9.10. The Morgan fingerprint density at radius 3 is 2.77 bits per heavy atom. The number of hydrogen-bond acceptors (Lipinski definition) is 3. The Morgan fingerprint density at radius 2 is 2.08 bits per heavy atom. The Balaban J connectivity index is 1.88. The van der Waals surface area contributed by atoms with Crippen molar-refractivity contribution in [2.45, 2.75) is 19.4 Å². The van der Waals surface area contributed by atoms with Crippen LogP contribution in [0.25, 0.3) is 0 Å². The van der Waals surface area contributed by atoms with Crippen LogP contribution in [-0.2, 0) is 4.74 Å². The number of hydrogen-bond donors (Lipinski definition) is 1. The van der Waals surface area contributed by atoms with Gasteiger partial charge in [0, 0.05) is 19.1 Å². The van der Waals surface area contributed by atoms with E-state index in [1.165, 1.54) is 19.5 Å². The van der Waals surface area contributed by atoms with Crippen molar-refractivity contribution < 1.29 is 4.74 Å². The Bertz CT molecular complexity index is 157. The third kappa shape index (κ3) is 2.22. The molecule has 0 aliphatic carbocycles. The SMILES string of the molecule is CC1CNCCC1N1CCOCC1. The van der Waals surface area contributed by atoms with Crippen molar-refractivity contribution in [2.24, 2.45) is 5.92 Å². The minimum absolute atomic E-state index is 0.796. The van der Waals surface area contributed by atoms with Crippen LogP contribution in [0.5, 0.6) is 0 Å². The van der Waals surface area contributed by atoms with Gasteiger partial charge < -0.3 is 10.1 Å².